The molecule has 1 N–H and O–H groups in total. The molecule has 1 aliphatic rings. The molecule has 0 aromatic heterocycles. The first-order valence-electron chi connectivity index (χ1n) is 6.65. The van der Waals surface area contributed by atoms with Gasteiger partial charge in [0.25, 0.3) is 0 Å². The fourth-order valence-electron chi connectivity index (χ4n) is 2.50. The summed E-state index contributed by atoms with van der Waals surface area (Å²) in [7, 11) is 1.65. The lowest BCUT2D eigenvalue weighted by atomic mass is 10.0. The van der Waals surface area contributed by atoms with Gasteiger partial charge in [0.05, 0.1) is 13.7 Å². The third-order valence-corrected chi connectivity index (χ3v) is 3.67. The Labute approximate surface area is 114 Å². The molecule has 1 atom stereocenters. The normalized spacial score (nSPS) is 16.4. The highest BCUT2D eigenvalue weighted by molar-refractivity contribution is 5.69. The van der Waals surface area contributed by atoms with E-state index in [0.29, 0.717) is 6.04 Å². The first-order chi connectivity index (χ1) is 9.02. The molecular formula is C15H21NO3. The minimum atomic E-state index is -0.773. The summed E-state index contributed by atoms with van der Waals surface area (Å²) < 4.78 is 5.40. The van der Waals surface area contributed by atoms with Crippen LogP contribution in [0.5, 0.6) is 5.75 Å². The average Bonchev–Trinajstić information content (AvgIpc) is 3.19. The van der Waals surface area contributed by atoms with Gasteiger partial charge in [0.2, 0.25) is 0 Å². The van der Waals surface area contributed by atoms with Gasteiger partial charge in [-0.15, -0.1) is 0 Å². The Kier molecular flexibility index (Phi) is 4.10. The Hall–Kier alpha value is -1.55. The summed E-state index contributed by atoms with van der Waals surface area (Å²) in [4.78, 5) is 13.1. The number of carbonyl (C=O) groups is 1. The van der Waals surface area contributed by atoms with Crippen LogP contribution >= 0.6 is 0 Å². The summed E-state index contributed by atoms with van der Waals surface area (Å²) in [5, 5.41) is 9.06. The molecule has 1 saturated carbocycles. The monoisotopic (exact) mass is 263 g/mol. The van der Waals surface area contributed by atoms with Crippen molar-refractivity contribution in [3.05, 3.63) is 29.3 Å². The van der Waals surface area contributed by atoms with Crippen molar-refractivity contribution in [2.45, 2.75) is 38.8 Å². The van der Waals surface area contributed by atoms with Crippen LogP contribution in [-0.2, 0) is 4.79 Å². The van der Waals surface area contributed by atoms with Crippen LogP contribution in [0, 0.1) is 6.92 Å². The van der Waals surface area contributed by atoms with E-state index in [0.717, 1.165) is 29.7 Å². The van der Waals surface area contributed by atoms with E-state index in [4.69, 9.17) is 9.84 Å². The van der Waals surface area contributed by atoms with Crippen molar-refractivity contribution in [3.63, 3.8) is 0 Å². The third kappa shape index (κ3) is 3.26. The molecule has 0 heterocycles. The molecule has 0 spiro atoms. The molecule has 0 aliphatic heterocycles. The van der Waals surface area contributed by atoms with Crippen LogP contribution in [-0.4, -0.2) is 35.7 Å². The molecule has 0 bridgehead atoms. The summed E-state index contributed by atoms with van der Waals surface area (Å²) in [5.41, 5.74) is 2.23. The largest absolute Gasteiger partial charge is 0.496 e. The number of aryl methyl sites for hydroxylation is 1. The number of rotatable bonds is 6. The van der Waals surface area contributed by atoms with E-state index >= 15 is 0 Å². The quantitative estimate of drug-likeness (QED) is 0.857. The molecule has 0 radical (unpaired) electrons. The Morgan fingerprint density at radius 1 is 1.53 bits per heavy atom. The zero-order valence-corrected chi connectivity index (χ0v) is 11.7. The highest BCUT2D eigenvalue weighted by Gasteiger charge is 2.34. The summed E-state index contributed by atoms with van der Waals surface area (Å²) in [6.45, 7) is 4.18. The minimum absolute atomic E-state index is 0.0541. The van der Waals surface area contributed by atoms with E-state index < -0.39 is 5.97 Å². The molecule has 1 fully saturated rings. The summed E-state index contributed by atoms with van der Waals surface area (Å²) in [6.07, 6.45) is 2.18. The SMILES string of the molecule is COc1ccc(C)cc1C(C)N(CC(=O)O)C1CC1. The highest BCUT2D eigenvalue weighted by atomic mass is 16.5. The van der Waals surface area contributed by atoms with Gasteiger partial charge in [0.15, 0.2) is 0 Å². The number of hydrogen-bond donors (Lipinski definition) is 1. The van der Waals surface area contributed by atoms with Crippen molar-refractivity contribution in [1.29, 1.82) is 0 Å². The minimum Gasteiger partial charge on any atom is -0.496 e. The smallest absolute Gasteiger partial charge is 0.317 e. The Morgan fingerprint density at radius 2 is 2.21 bits per heavy atom. The van der Waals surface area contributed by atoms with Crippen LogP contribution in [0.15, 0.2) is 18.2 Å². The van der Waals surface area contributed by atoms with Crippen molar-refractivity contribution in [2.24, 2.45) is 0 Å². The Morgan fingerprint density at radius 3 is 2.74 bits per heavy atom. The second-order valence-corrected chi connectivity index (χ2v) is 5.22. The highest BCUT2D eigenvalue weighted by Crippen LogP contribution is 2.37. The van der Waals surface area contributed by atoms with Crippen molar-refractivity contribution in [2.75, 3.05) is 13.7 Å². The second-order valence-electron chi connectivity index (χ2n) is 5.22. The van der Waals surface area contributed by atoms with E-state index in [1.807, 2.05) is 19.1 Å². The van der Waals surface area contributed by atoms with Gasteiger partial charge >= 0.3 is 5.97 Å². The fraction of sp³-hybridized carbons (Fsp3) is 0.533. The maximum atomic E-state index is 11.0. The van der Waals surface area contributed by atoms with Gasteiger partial charge in [-0.25, -0.2) is 0 Å². The summed E-state index contributed by atoms with van der Waals surface area (Å²) in [6, 6.07) is 6.50. The van der Waals surface area contributed by atoms with Gasteiger partial charge in [-0.05, 0) is 32.8 Å². The van der Waals surface area contributed by atoms with E-state index in [-0.39, 0.29) is 12.6 Å². The van der Waals surface area contributed by atoms with Gasteiger partial charge < -0.3 is 9.84 Å². The molecule has 104 valence electrons. The second kappa shape index (κ2) is 5.61. The molecule has 0 amide bonds. The number of ether oxygens (including phenoxy) is 1. The van der Waals surface area contributed by atoms with Gasteiger partial charge in [0, 0.05) is 17.6 Å². The number of benzene rings is 1. The molecule has 4 heteroatoms. The predicted molar refractivity (Wildman–Crippen MR) is 73.5 cm³/mol. The topological polar surface area (TPSA) is 49.8 Å². The molecule has 19 heavy (non-hydrogen) atoms. The molecule has 1 aliphatic carbocycles. The van der Waals surface area contributed by atoms with Crippen LogP contribution in [0.2, 0.25) is 0 Å². The van der Waals surface area contributed by atoms with Crippen LogP contribution in [0.1, 0.15) is 36.9 Å². The maximum Gasteiger partial charge on any atom is 0.317 e. The fourth-order valence-corrected chi connectivity index (χ4v) is 2.50. The van der Waals surface area contributed by atoms with Crippen LogP contribution < -0.4 is 4.74 Å². The number of methoxy groups -OCH3 is 1. The molecule has 1 unspecified atom stereocenters. The van der Waals surface area contributed by atoms with Gasteiger partial charge in [-0.1, -0.05) is 17.7 Å². The number of carboxylic acid groups (broad SMARTS) is 1. The Balaban J connectivity index is 2.27. The summed E-state index contributed by atoms with van der Waals surface area (Å²) >= 11 is 0. The predicted octanol–water partition coefficient (Wildman–Crippen LogP) is 2.61. The lowest BCUT2D eigenvalue weighted by molar-refractivity contribution is -0.139. The molecular weight excluding hydrogens is 242 g/mol. The Bertz CT molecular complexity index is 468. The standard InChI is InChI=1S/C15H21NO3/c1-10-4-7-14(19-3)13(8-10)11(2)16(9-15(17)18)12-5-6-12/h4,7-8,11-12H,5-6,9H2,1-3H3,(H,17,18). The van der Waals surface area contributed by atoms with E-state index in [9.17, 15) is 4.79 Å². The van der Waals surface area contributed by atoms with Crippen molar-refractivity contribution < 1.29 is 14.6 Å². The molecule has 4 nitrogen and oxygen atoms in total. The number of carboxylic acids is 1. The number of aliphatic carboxylic acids is 1. The molecule has 1 aromatic carbocycles. The van der Waals surface area contributed by atoms with Crippen LogP contribution in [0.4, 0.5) is 0 Å². The zero-order chi connectivity index (χ0) is 14.0. The van der Waals surface area contributed by atoms with Crippen molar-refractivity contribution in [3.8, 4) is 5.75 Å². The van der Waals surface area contributed by atoms with Crippen molar-refractivity contribution in [1.82, 2.24) is 4.90 Å². The average molecular weight is 263 g/mol. The van der Waals surface area contributed by atoms with E-state index in [2.05, 4.69) is 17.9 Å². The molecule has 1 aromatic rings. The van der Waals surface area contributed by atoms with Crippen molar-refractivity contribution >= 4 is 5.97 Å². The first kappa shape index (κ1) is 13.9. The summed E-state index contributed by atoms with van der Waals surface area (Å²) in [5.74, 6) is 0.0551. The van der Waals surface area contributed by atoms with E-state index in [1.165, 1.54) is 0 Å². The van der Waals surface area contributed by atoms with Gasteiger partial charge in [0.1, 0.15) is 5.75 Å². The first-order valence-corrected chi connectivity index (χ1v) is 6.65. The third-order valence-electron chi connectivity index (χ3n) is 3.67. The van der Waals surface area contributed by atoms with Crippen LogP contribution in [0.25, 0.3) is 0 Å². The molecule has 0 saturated heterocycles. The lowest BCUT2D eigenvalue weighted by Gasteiger charge is -2.29. The maximum absolute atomic E-state index is 11.0. The van der Waals surface area contributed by atoms with Gasteiger partial charge in [-0.3, -0.25) is 9.69 Å². The molecule has 2 rings (SSSR count). The van der Waals surface area contributed by atoms with E-state index in [1.54, 1.807) is 7.11 Å². The lowest BCUT2D eigenvalue weighted by Crippen LogP contribution is -2.34. The number of nitrogens with zero attached hydrogens (tertiary/aromatic N) is 1. The van der Waals surface area contributed by atoms with Crippen LogP contribution in [0.3, 0.4) is 0 Å². The number of hydrogen-bond acceptors (Lipinski definition) is 3. The van der Waals surface area contributed by atoms with Gasteiger partial charge in [-0.2, -0.15) is 0 Å². The zero-order valence-electron chi connectivity index (χ0n) is 11.7.